The predicted molar refractivity (Wildman–Crippen MR) is 79.3 cm³/mol. The summed E-state index contributed by atoms with van der Waals surface area (Å²) in [5, 5.41) is 1.41. The zero-order valence-corrected chi connectivity index (χ0v) is 12.1. The highest BCUT2D eigenvalue weighted by Gasteiger charge is 2.19. The van der Waals surface area contributed by atoms with Crippen LogP contribution in [0.4, 0.5) is 0 Å². The van der Waals surface area contributed by atoms with Crippen molar-refractivity contribution < 1.29 is 13.9 Å². The number of hydrogen-bond acceptors (Lipinski definition) is 4. The number of nitrogens with zero attached hydrogens (tertiary/aromatic N) is 1. The van der Waals surface area contributed by atoms with Gasteiger partial charge in [-0.1, -0.05) is 17.7 Å². The third-order valence-electron chi connectivity index (χ3n) is 3.16. The number of halogens is 1. The first-order valence-corrected chi connectivity index (χ1v) is 6.78. The van der Waals surface area contributed by atoms with Crippen LogP contribution in [0.1, 0.15) is 21.8 Å². The van der Waals surface area contributed by atoms with Gasteiger partial charge in [0.25, 0.3) is 0 Å². The number of rotatable bonds is 3. The second-order valence-electron chi connectivity index (χ2n) is 4.59. The normalized spacial score (nSPS) is 10.8. The standard InChI is InChI=1S/C16H12ClNO3/c1-10-13-8-11(17)5-6-14(13)21-15(10)16(19)20-9-12-4-2-3-7-18-12/h2-8H,9H2,1H3. The van der Waals surface area contributed by atoms with Gasteiger partial charge >= 0.3 is 5.97 Å². The summed E-state index contributed by atoms with van der Waals surface area (Å²) in [6.07, 6.45) is 1.65. The Morgan fingerprint density at radius 1 is 1.33 bits per heavy atom. The first-order chi connectivity index (χ1) is 10.1. The quantitative estimate of drug-likeness (QED) is 0.682. The Bertz CT molecular complexity index is 796. The number of carbonyl (C=O) groups is 1. The van der Waals surface area contributed by atoms with Crippen LogP contribution in [0.3, 0.4) is 0 Å². The molecular weight excluding hydrogens is 290 g/mol. The molecule has 2 aromatic heterocycles. The van der Waals surface area contributed by atoms with E-state index in [9.17, 15) is 4.79 Å². The van der Waals surface area contributed by atoms with E-state index in [1.807, 2.05) is 6.07 Å². The third-order valence-corrected chi connectivity index (χ3v) is 3.40. The van der Waals surface area contributed by atoms with Gasteiger partial charge in [-0.15, -0.1) is 0 Å². The maximum Gasteiger partial charge on any atom is 0.374 e. The molecule has 0 unspecified atom stereocenters. The summed E-state index contributed by atoms with van der Waals surface area (Å²) in [5.41, 5.74) is 2.02. The van der Waals surface area contributed by atoms with Gasteiger partial charge < -0.3 is 9.15 Å². The van der Waals surface area contributed by atoms with E-state index in [1.54, 1.807) is 43.5 Å². The summed E-state index contributed by atoms with van der Waals surface area (Å²) < 4.78 is 10.8. The van der Waals surface area contributed by atoms with Crippen molar-refractivity contribution in [1.82, 2.24) is 4.98 Å². The number of hydrogen-bond donors (Lipinski definition) is 0. The van der Waals surface area contributed by atoms with Crippen molar-refractivity contribution in [2.24, 2.45) is 0 Å². The van der Waals surface area contributed by atoms with E-state index in [-0.39, 0.29) is 12.4 Å². The number of ether oxygens (including phenoxy) is 1. The third kappa shape index (κ3) is 2.76. The van der Waals surface area contributed by atoms with E-state index in [4.69, 9.17) is 20.8 Å². The smallest absolute Gasteiger partial charge is 0.374 e. The number of pyridine rings is 1. The van der Waals surface area contributed by atoms with Gasteiger partial charge in [0.05, 0.1) is 5.69 Å². The van der Waals surface area contributed by atoms with Gasteiger partial charge in [0, 0.05) is 22.2 Å². The molecule has 4 nitrogen and oxygen atoms in total. The molecule has 3 rings (SSSR count). The highest BCUT2D eigenvalue weighted by molar-refractivity contribution is 6.31. The lowest BCUT2D eigenvalue weighted by atomic mass is 10.1. The molecule has 3 aromatic rings. The Balaban J connectivity index is 1.83. The Kier molecular flexibility index (Phi) is 3.62. The van der Waals surface area contributed by atoms with Crippen molar-refractivity contribution in [1.29, 1.82) is 0 Å². The summed E-state index contributed by atoms with van der Waals surface area (Å²) in [6.45, 7) is 1.91. The SMILES string of the molecule is Cc1c(C(=O)OCc2ccccn2)oc2ccc(Cl)cc12. The Hall–Kier alpha value is -2.33. The Morgan fingerprint density at radius 3 is 2.95 bits per heavy atom. The zero-order valence-electron chi connectivity index (χ0n) is 11.3. The number of aromatic nitrogens is 1. The van der Waals surface area contributed by atoms with Crippen molar-refractivity contribution in [2.75, 3.05) is 0 Å². The minimum absolute atomic E-state index is 0.108. The van der Waals surface area contributed by atoms with Crippen molar-refractivity contribution in [2.45, 2.75) is 13.5 Å². The maximum atomic E-state index is 12.1. The molecule has 0 aliphatic heterocycles. The topological polar surface area (TPSA) is 52.3 Å². The summed E-state index contributed by atoms with van der Waals surface area (Å²) in [7, 11) is 0. The molecule has 1 aromatic carbocycles. The molecule has 0 saturated carbocycles. The molecule has 0 aliphatic rings. The molecule has 2 heterocycles. The Morgan fingerprint density at radius 2 is 2.19 bits per heavy atom. The molecule has 5 heteroatoms. The predicted octanol–water partition coefficient (Wildman–Crippen LogP) is 4.15. The molecule has 0 N–H and O–H groups in total. The molecule has 0 amide bonds. The summed E-state index contributed by atoms with van der Waals surface area (Å²) in [4.78, 5) is 16.2. The first kappa shape index (κ1) is 13.6. The monoisotopic (exact) mass is 301 g/mol. The van der Waals surface area contributed by atoms with Crippen LogP contribution in [0.5, 0.6) is 0 Å². The van der Waals surface area contributed by atoms with E-state index in [0.29, 0.717) is 16.3 Å². The van der Waals surface area contributed by atoms with Crippen LogP contribution in [0.2, 0.25) is 5.02 Å². The average Bonchev–Trinajstić information content (AvgIpc) is 2.83. The molecule has 0 radical (unpaired) electrons. The molecular formula is C16H12ClNO3. The summed E-state index contributed by atoms with van der Waals surface area (Å²) in [5.74, 6) is -0.311. The van der Waals surface area contributed by atoms with Crippen LogP contribution in [0.15, 0.2) is 47.0 Å². The Labute approximate surface area is 126 Å². The minimum atomic E-state index is -0.509. The largest absolute Gasteiger partial charge is 0.453 e. The van der Waals surface area contributed by atoms with Crippen LogP contribution in [-0.4, -0.2) is 11.0 Å². The van der Waals surface area contributed by atoms with Gasteiger partial charge in [0.2, 0.25) is 5.76 Å². The lowest BCUT2D eigenvalue weighted by Gasteiger charge is -2.02. The van der Waals surface area contributed by atoms with Gasteiger partial charge in [0.1, 0.15) is 12.2 Å². The molecule has 0 saturated heterocycles. The fourth-order valence-corrected chi connectivity index (χ4v) is 2.25. The van der Waals surface area contributed by atoms with Crippen LogP contribution in [0.25, 0.3) is 11.0 Å². The number of carbonyl (C=O) groups excluding carboxylic acids is 1. The highest BCUT2D eigenvalue weighted by Crippen LogP contribution is 2.28. The molecule has 0 atom stereocenters. The minimum Gasteiger partial charge on any atom is -0.453 e. The van der Waals surface area contributed by atoms with Crippen LogP contribution < -0.4 is 0 Å². The number of furan rings is 1. The number of esters is 1. The molecule has 0 bridgehead atoms. The number of fused-ring (bicyclic) bond motifs is 1. The lowest BCUT2D eigenvalue weighted by molar-refractivity contribution is 0.0432. The lowest BCUT2D eigenvalue weighted by Crippen LogP contribution is -2.06. The molecule has 0 aliphatic carbocycles. The van der Waals surface area contributed by atoms with Crippen molar-refractivity contribution in [3.8, 4) is 0 Å². The van der Waals surface area contributed by atoms with E-state index in [0.717, 1.165) is 10.9 Å². The van der Waals surface area contributed by atoms with Gasteiger partial charge in [-0.05, 0) is 37.3 Å². The van der Waals surface area contributed by atoms with Gasteiger partial charge in [0.15, 0.2) is 0 Å². The van der Waals surface area contributed by atoms with E-state index in [1.165, 1.54) is 0 Å². The fraction of sp³-hybridized carbons (Fsp3) is 0.125. The highest BCUT2D eigenvalue weighted by atomic mass is 35.5. The van der Waals surface area contributed by atoms with Crippen molar-refractivity contribution in [3.05, 3.63) is 64.6 Å². The van der Waals surface area contributed by atoms with Crippen LogP contribution in [-0.2, 0) is 11.3 Å². The van der Waals surface area contributed by atoms with Gasteiger partial charge in [-0.25, -0.2) is 4.79 Å². The molecule has 21 heavy (non-hydrogen) atoms. The van der Waals surface area contributed by atoms with E-state index in [2.05, 4.69) is 4.98 Å². The van der Waals surface area contributed by atoms with E-state index < -0.39 is 5.97 Å². The van der Waals surface area contributed by atoms with E-state index >= 15 is 0 Å². The second-order valence-corrected chi connectivity index (χ2v) is 5.03. The van der Waals surface area contributed by atoms with Gasteiger partial charge in [-0.2, -0.15) is 0 Å². The average molecular weight is 302 g/mol. The number of aryl methyl sites for hydroxylation is 1. The van der Waals surface area contributed by atoms with Crippen molar-refractivity contribution >= 4 is 28.5 Å². The van der Waals surface area contributed by atoms with Crippen molar-refractivity contribution in [3.63, 3.8) is 0 Å². The zero-order chi connectivity index (χ0) is 14.8. The maximum absolute atomic E-state index is 12.1. The summed E-state index contributed by atoms with van der Waals surface area (Å²) >= 11 is 5.95. The van der Waals surface area contributed by atoms with Crippen LogP contribution >= 0.6 is 11.6 Å². The number of benzene rings is 1. The summed E-state index contributed by atoms with van der Waals surface area (Å²) in [6, 6.07) is 10.7. The first-order valence-electron chi connectivity index (χ1n) is 6.41. The fourth-order valence-electron chi connectivity index (χ4n) is 2.08. The molecule has 0 spiro atoms. The molecule has 0 fully saturated rings. The van der Waals surface area contributed by atoms with Gasteiger partial charge in [-0.3, -0.25) is 4.98 Å². The second kappa shape index (κ2) is 5.58. The van der Waals surface area contributed by atoms with Crippen LogP contribution in [0, 0.1) is 6.92 Å². The molecule has 106 valence electrons.